The molecule has 23 heavy (non-hydrogen) atoms. The molecule has 0 radical (unpaired) electrons. The van der Waals surface area contributed by atoms with Crippen LogP contribution in [0.5, 0.6) is 5.75 Å². The number of rotatable bonds is 3. The van der Waals surface area contributed by atoms with Crippen molar-refractivity contribution in [1.82, 2.24) is 0 Å². The van der Waals surface area contributed by atoms with E-state index >= 15 is 0 Å². The Morgan fingerprint density at radius 2 is 1.96 bits per heavy atom. The normalized spacial score (nSPS) is 14.3. The smallest absolute Gasteiger partial charge is 0.269 e. The van der Waals surface area contributed by atoms with E-state index in [0.717, 1.165) is 10.6 Å². The van der Waals surface area contributed by atoms with Crippen molar-refractivity contribution >= 4 is 29.0 Å². The highest BCUT2D eigenvalue weighted by Gasteiger charge is 2.23. The lowest BCUT2D eigenvalue weighted by Crippen LogP contribution is -2.16. The molecular formula is C17H13N3O2S. The molecule has 6 heteroatoms. The van der Waals surface area contributed by atoms with Gasteiger partial charge in [-0.2, -0.15) is 5.26 Å². The van der Waals surface area contributed by atoms with Crippen LogP contribution in [-0.4, -0.2) is 13.0 Å². The molecule has 0 fully saturated rings. The average Bonchev–Trinajstić information content (AvgIpc) is 2.99. The molecule has 1 aliphatic heterocycles. The fourth-order valence-corrected chi connectivity index (χ4v) is 3.10. The van der Waals surface area contributed by atoms with Gasteiger partial charge < -0.3 is 15.4 Å². The Morgan fingerprint density at radius 3 is 2.61 bits per heavy atom. The number of carbonyl (C=O) groups excluding carboxylic acids is 1. The Balaban J connectivity index is 1.80. The molecule has 114 valence electrons. The summed E-state index contributed by atoms with van der Waals surface area (Å²) >= 11 is 1.38. The Bertz CT molecular complexity index is 795. The van der Waals surface area contributed by atoms with E-state index in [4.69, 9.17) is 4.74 Å². The van der Waals surface area contributed by atoms with Crippen LogP contribution in [0.2, 0.25) is 0 Å². The number of thioether (sulfide) groups is 1. The SMILES string of the molecule is COc1ccc(NC(=O)/C(C#N)=C2/Nc3ccccc3S2)cc1. The van der Waals surface area contributed by atoms with E-state index < -0.39 is 5.91 Å². The highest BCUT2D eigenvalue weighted by Crippen LogP contribution is 2.41. The van der Waals surface area contributed by atoms with Gasteiger partial charge >= 0.3 is 0 Å². The van der Waals surface area contributed by atoms with Gasteiger partial charge in [-0.15, -0.1) is 0 Å². The molecule has 2 N–H and O–H groups in total. The molecule has 0 saturated carbocycles. The summed E-state index contributed by atoms with van der Waals surface area (Å²) < 4.78 is 5.07. The van der Waals surface area contributed by atoms with E-state index in [1.54, 1.807) is 31.4 Å². The first kappa shape index (κ1) is 15.0. The first-order chi connectivity index (χ1) is 11.2. The Hall–Kier alpha value is -2.91. The fourth-order valence-electron chi connectivity index (χ4n) is 2.10. The van der Waals surface area contributed by atoms with Gasteiger partial charge in [0.2, 0.25) is 0 Å². The van der Waals surface area contributed by atoms with E-state index in [9.17, 15) is 10.1 Å². The first-order valence-corrected chi connectivity index (χ1v) is 7.66. The van der Waals surface area contributed by atoms with Crippen molar-refractivity contribution in [3.8, 4) is 11.8 Å². The van der Waals surface area contributed by atoms with Crippen molar-refractivity contribution in [3.05, 3.63) is 59.1 Å². The average molecular weight is 323 g/mol. The Morgan fingerprint density at radius 1 is 1.22 bits per heavy atom. The summed E-state index contributed by atoms with van der Waals surface area (Å²) in [4.78, 5) is 13.4. The summed E-state index contributed by atoms with van der Waals surface area (Å²) in [7, 11) is 1.58. The van der Waals surface area contributed by atoms with E-state index in [1.165, 1.54) is 11.8 Å². The molecule has 0 aliphatic carbocycles. The molecule has 0 atom stereocenters. The molecule has 0 unspecified atom stereocenters. The summed E-state index contributed by atoms with van der Waals surface area (Å²) in [5.41, 5.74) is 1.56. The van der Waals surface area contributed by atoms with Crippen molar-refractivity contribution in [2.45, 2.75) is 4.90 Å². The Labute approximate surface area is 138 Å². The van der Waals surface area contributed by atoms with Crippen LogP contribution in [0.1, 0.15) is 0 Å². The minimum atomic E-state index is -0.444. The number of fused-ring (bicyclic) bond motifs is 1. The number of ether oxygens (including phenoxy) is 1. The number of methoxy groups -OCH3 is 1. The van der Waals surface area contributed by atoms with Crippen LogP contribution in [0.4, 0.5) is 11.4 Å². The van der Waals surface area contributed by atoms with Crippen molar-refractivity contribution in [3.63, 3.8) is 0 Å². The van der Waals surface area contributed by atoms with E-state index in [1.807, 2.05) is 30.3 Å². The number of nitriles is 1. The molecule has 1 heterocycles. The lowest BCUT2D eigenvalue weighted by Gasteiger charge is -2.07. The predicted octanol–water partition coefficient (Wildman–Crippen LogP) is 3.59. The highest BCUT2D eigenvalue weighted by atomic mass is 32.2. The van der Waals surface area contributed by atoms with Gasteiger partial charge in [-0.05, 0) is 36.4 Å². The molecule has 0 saturated heterocycles. The molecule has 2 aromatic carbocycles. The number of para-hydroxylation sites is 1. The molecule has 0 bridgehead atoms. The second-order valence-corrected chi connectivity index (χ2v) is 5.77. The van der Waals surface area contributed by atoms with Crippen LogP contribution in [0, 0.1) is 11.3 Å². The van der Waals surface area contributed by atoms with E-state index in [2.05, 4.69) is 10.6 Å². The molecule has 1 amide bonds. The lowest BCUT2D eigenvalue weighted by molar-refractivity contribution is -0.112. The number of anilines is 2. The van der Waals surface area contributed by atoms with Gasteiger partial charge in [0.25, 0.3) is 5.91 Å². The molecule has 0 spiro atoms. The van der Waals surface area contributed by atoms with Gasteiger partial charge in [0.15, 0.2) is 0 Å². The maximum absolute atomic E-state index is 12.4. The molecule has 2 aromatic rings. The molecular weight excluding hydrogens is 310 g/mol. The summed E-state index contributed by atoms with van der Waals surface area (Å²) in [6, 6.07) is 16.6. The minimum absolute atomic E-state index is 0.0574. The van der Waals surface area contributed by atoms with Crippen molar-refractivity contribution in [2.75, 3.05) is 17.7 Å². The zero-order valence-electron chi connectivity index (χ0n) is 12.3. The number of benzene rings is 2. The van der Waals surface area contributed by atoms with Crippen LogP contribution in [-0.2, 0) is 4.79 Å². The van der Waals surface area contributed by atoms with Gasteiger partial charge in [0.1, 0.15) is 22.4 Å². The largest absolute Gasteiger partial charge is 0.497 e. The molecule has 1 aliphatic rings. The van der Waals surface area contributed by atoms with Crippen LogP contribution in [0.15, 0.2) is 64.0 Å². The zero-order valence-corrected chi connectivity index (χ0v) is 13.1. The van der Waals surface area contributed by atoms with Crippen molar-refractivity contribution in [2.24, 2.45) is 0 Å². The van der Waals surface area contributed by atoms with Gasteiger partial charge in [-0.3, -0.25) is 4.79 Å². The van der Waals surface area contributed by atoms with Gasteiger partial charge in [0, 0.05) is 10.6 Å². The van der Waals surface area contributed by atoms with Gasteiger partial charge in [-0.25, -0.2) is 0 Å². The molecule has 3 rings (SSSR count). The second kappa shape index (κ2) is 6.46. The zero-order chi connectivity index (χ0) is 16.2. The number of nitrogens with one attached hydrogen (secondary N) is 2. The monoisotopic (exact) mass is 323 g/mol. The maximum atomic E-state index is 12.4. The topological polar surface area (TPSA) is 74.1 Å². The molecule has 0 aromatic heterocycles. The fraction of sp³-hybridized carbons (Fsp3) is 0.0588. The summed E-state index contributed by atoms with van der Waals surface area (Å²) in [5, 5.41) is 15.7. The second-order valence-electron chi connectivity index (χ2n) is 4.72. The van der Waals surface area contributed by atoms with Crippen LogP contribution in [0.25, 0.3) is 0 Å². The summed E-state index contributed by atoms with van der Waals surface area (Å²) in [6.07, 6.45) is 0. The first-order valence-electron chi connectivity index (χ1n) is 6.85. The number of hydrogen-bond acceptors (Lipinski definition) is 5. The van der Waals surface area contributed by atoms with Gasteiger partial charge in [-0.1, -0.05) is 23.9 Å². The van der Waals surface area contributed by atoms with Crippen molar-refractivity contribution < 1.29 is 9.53 Å². The molecule has 5 nitrogen and oxygen atoms in total. The van der Waals surface area contributed by atoms with Crippen LogP contribution >= 0.6 is 11.8 Å². The standard InChI is InChI=1S/C17H13N3O2S/c1-22-12-8-6-11(7-9-12)19-16(21)13(10-18)17-20-14-4-2-3-5-15(14)23-17/h2-9,20H,1H3,(H,19,21)/b17-13-. The lowest BCUT2D eigenvalue weighted by atomic mass is 10.2. The number of hydrogen-bond donors (Lipinski definition) is 2. The number of carbonyl (C=O) groups is 1. The third kappa shape index (κ3) is 3.15. The summed E-state index contributed by atoms with van der Waals surface area (Å²) in [5.74, 6) is 0.255. The Kier molecular flexibility index (Phi) is 4.22. The highest BCUT2D eigenvalue weighted by molar-refractivity contribution is 8.03. The van der Waals surface area contributed by atoms with E-state index in [-0.39, 0.29) is 5.57 Å². The number of nitrogens with zero attached hydrogens (tertiary/aromatic N) is 1. The van der Waals surface area contributed by atoms with Crippen molar-refractivity contribution in [1.29, 1.82) is 5.26 Å². The van der Waals surface area contributed by atoms with E-state index in [0.29, 0.717) is 16.5 Å². The third-order valence-electron chi connectivity index (χ3n) is 3.26. The maximum Gasteiger partial charge on any atom is 0.269 e. The summed E-state index contributed by atoms with van der Waals surface area (Å²) in [6.45, 7) is 0. The van der Waals surface area contributed by atoms with Gasteiger partial charge in [0.05, 0.1) is 12.8 Å². The quantitative estimate of drug-likeness (QED) is 0.667. The third-order valence-corrected chi connectivity index (χ3v) is 4.35. The van der Waals surface area contributed by atoms with Crippen LogP contribution < -0.4 is 15.4 Å². The predicted molar refractivity (Wildman–Crippen MR) is 90.2 cm³/mol. The number of amides is 1. The van der Waals surface area contributed by atoms with Crippen LogP contribution in [0.3, 0.4) is 0 Å². The minimum Gasteiger partial charge on any atom is -0.497 e.